The van der Waals surface area contributed by atoms with E-state index in [1.54, 1.807) is 11.9 Å². The molecule has 1 aromatic carbocycles. The number of aliphatic carboxylic acids is 1. The van der Waals surface area contributed by atoms with Crippen LogP contribution in [0.3, 0.4) is 0 Å². The summed E-state index contributed by atoms with van der Waals surface area (Å²) in [5.74, 6) is -0.477. The molecular formula is C21H25ClN4O3. The van der Waals surface area contributed by atoms with Gasteiger partial charge in [-0.15, -0.1) is 0 Å². The minimum atomic E-state index is -0.854. The summed E-state index contributed by atoms with van der Waals surface area (Å²) in [6.45, 7) is 1.34. The number of hydrogen-bond acceptors (Lipinski definition) is 4. The number of ether oxygens (including phenoxy) is 1. The summed E-state index contributed by atoms with van der Waals surface area (Å²) >= 11 is 6.42. The lowest BCUT2D eigenvalue weighted by Crippen LogP contribution is -2.27. The van der Waals surface area contributed by atoms with Gasteiger partial charge in [-0.25, -0.2) is 0 Å². The number of H-pyrrole nitrogens is 1. The van der Waals surface area contributed by atoms with Crippen LogP contribution in [0, 0.1) is 5.92 Å². The molecule has 29 heavy (non-hydrogen) atoms. The quantitative estimate of drug-likeness (QED) is 0.575. The van der Waals surface area contributed by atoms with E-state index < -0.39 is 5.97 Å². The lowest BCUT2D eigenvalue weighted by molar-refractivity contribution is -0.138. The zero-order chi connectivity index (χ0) is 20.4. The molecular weight excluding hydrogens is 392 g/mol. The predicted molar refractivity (Wildman–Crippen MR) is 111 cm³/mol. The van der Waals surface area contributed by atoms with Crippen LogP contribution in [0.25, 0.3) is 10.9 Å². The van der Waals surface area contributed by atoms with Crippen molar-refractivity contribution in [3.05, 3.63) is 54.0 Å². The highest BCUT2D eigenvalue weighted by atomic mass is 35.5. The molecule has 1 aliphatic rings. The number of rotatable bonds is 7. The molecule has 8 heteroatoms. The van der Waals surface area contributed by atoms with Crippen molar-refractivity contribution < 1.29 is 14.6 Å². The molecule has 0 amide bonds. The Kier molecular flexibility index (Phi) is 5.89. The first kappa shape index (κ1) is 19.9. The number of benzene rings is 1. The molecule has 3 aromatic rings. The van der Waals surface area contributed by atoms with Gasteiger partial charge in [0.05, 0.1) is 12.2 Å². The molecule has 3 heterocycles. The Hall–Kier alpha value is -2.35. The van der Waals surface area contributed by atoms with Crippen LogP contribution >= 0.6 is 11.6 Å². The van der Waals surface area contributed by atoms with Gasteiger partial charge in [-0.3, -0.25) is 14.8 Å². The number of nitrogens with one attached hydrogen (secondary N) is 1. The molecule has 154 valence electrons. The number of aromatic amines is 1. The van der Waals surface area contributed by atoms with Gasteiger partial charge in [-0.05, 0) is 49.4 Å². The Morgan fingerprint density at radius 2 is 2.21 bits per heavy atom. The van der Waals surface area contributed by atoms with Crippen molar-refractivity contribution in [3.8, 4) is 0 Å². The van der Waals surface area contributed by atoms with E-state index in [2.05, 4.69) is 51.3 Å². The Balaban J connectivity index is 1.43. The molecule has 0 spiro atoms. The Bertz CT molecular complexity index is 985. The number of para-hydroxylation sites is 1. The smallest absolute Gasteiger partial charge is 0.317 e. The number of carbonyl (C=O) groups is 1. The van der Waals surface area contributed by atoms with Crippen molar-refractivity contribution in [3.63, 3.8) is 0 Å². The van der Waals surface area contributed by atoms with E-state index in [1.807, 2.05) is 6.07 Å². The third kappa shape index (κ3) is 4.80. The van der Waals surface area contributed by atoms with Crippen molar-refractivity contribution in [1.82, 2.24) is 19.7 Å². The number of fused-ring (bicyclic) bond motifs is 1. The van der Waals surface area contributed by atoms with Crippen molar-refractivity contribution in [2.24, 2.45) is 5.92 Å². The zero-order valence-electron chi connectivity index (χ0n) is 16.3. The SMILES string of the molecule is CN(CC(=O)O)Cc1cc(C2CC(Cn3ccc4ccccc43)CC(Cl)O2)n[nH]1. The van der Waals surface area contributed by atoms with Gasteiger partial charge in [0.2, 0.25) is 0 Å². The minimum Gasteiger partial charge on any atom is -0.480 e. The van der Waals surface area contributed by atoms with Crippen LogP contribution in [0.1, 0.15) is 30.3 Å². The molecule has 3 atom stereocenters. The van der Waals surface area contributed by atoms with E-state index in [9.17, 15) is 4.79 Å². The maximum absolute atomic E-state index is 10.8. The van der Waals surface area contributed by atoms with Crippen molar-refractivity contribution in [2.75, 3.05) is 13.6 Å². The number of likely N-dealkylation sites (N-methyl/N-ethyl adjacent to an activating group) is 1. The van der Waals surface area contributed by atoms with Gasteiger partial charge in [0, 0.05) is 30.5 Å². The van der Waals surface area contributed by atoms with Gasteiger partial charge in [0.25, 0.3) is 0 Å². The predicted octanol–water partition coefficient (Wildman–Crippen LogP) is 3.61. The molecule has 0 radical (unpaired) electrons. The number of hydrogen-bond donors (Lipinski definition) is 2. The van der Waals surface area contributed by atoms with Gasteiger partial charge >= 0.3 is 5.97 Å². The maximum Gasteiger partial charge on any atom is 0.317 e. The number of alkyl halides is 1. The van der Waals surface area contributed by atoms with Crippen LogP contribution in [0.4, 0.5) is 0 Å². The highest BCUT2D eigenvalue weighted by Crippen LogP contribution is 2.37. The molecule has 0 bridgehead atoms. The highest BCUT2D eigenvalue weighted by molar-refractivity contribution is 6.19. The van der Waals surface area contributed by atoms with Crippen LogP contribution in [0.2, 0.25) is 0 Å². The molecule has 2 aromatic heterocycles. The topological polar surface area (TPSA) is 83.4 Å². The lowest BCUT2D eigenvalue weighted by Gasteiger charge is -2.32. The molecule has 1 fully saturated rings. The fourth-order valence-corrected chi connectivity index (χ4v) is 4.45. The van der Waals surface area contributed by atoms with Crippen molar-refractivity contribution >= 4 is 28.5 Å². The first-order valence-corrected chi connectivity index (χ1v) is 10.2. The minimum absolute atomic E-state index is 0.0229. The second-order valence-electron chi connectivity index (χ2n) is 7.78. The summed E-state index contributed by atoms with van der Waals surface area (Å²) in [5, 5.41) is 17.5. The normalized spacial score (nSPS) is 22.4. The van der Waals surface area contributed by atoms with Crippen LogP contribution in [-0.4, -0.2) is 49.9 Å². The second-order valence-corrected chi connectivity index (χ2v) is 8.27. The standard InChI is InChI=1S/C21H25ClN4O3/c1-25(13-21(27)28)12-16-10-17(24-23-16)19-8-14(9-20(22)29-19)11-26-7-6-15-4-2-3-5-18(15)26/h2-7,10,14,19-20H,8-9,11-13H2,1H3,(H,23,24)(H,27,28). The number of aromatic nitrogens is 3. The Labute approximate surface area is 174 Å². The summed E-state index contributed by atoms with van der Waals surface area (Å²) in [6.07, 6.45) is 3.59. The van der Waals surface area contributed by atoms with Crippen molar-refractivity contribution in [2.45, 2.75) is 37.6 Å². The summed E-state index contributed by atoms with van der Waals surface area (Å²) < 4.78 is 8.24. The van der Waals surface area contributed by atoms with Gasteiger partial charge in [-0.2, -0.15) is 5.10 Å². The average molecular weight is 417 g/mol. The summed E-state index contributed by atoms with van der Waals surface area (Å²) in [5.41, 5.74) is 2.55. The number of nitrogens with zero attached hydrogens (tertiary/aromatic N) is 3. The monoisotopic (exact) mass is 416 g/mol. The first-order chi connectivity index (χ1) is 14.0. The maximum atomic E-state index is 10.8. The molecule has 0 aliphatic carbocycles. The zero-order valence-corrected chi connectivity index (χ0v) is 17.0. The van der Waals surface area contributed by atoms with Gasteiger partial charge in [0.15, 0.2) is 0 Å². The number of carboxylic acids is 1. The van der Waals surface area contributed by atoms with Gasteiger partial charge in [0.1, 0.15) is 11.7 Å². The third-order valence-electron chi connectivity index (χ3n) is 5.34. The van der Waals surface area contributed by atoms with E-state index in [4.69, 9.17) is 21.4 Å². The van der Waals surface area contributed by atoms with Crippen LogP contribution in [0.5, 0.6) is 0 Å². The summed E-state index contributed by atoms with van der Waals surface area (Å²) in [6, 6.07) is 12.4. The molecule has 1 saturated heterocycles. The van der Waals surface area contributed by atoms with E-state index in [-0.39, 0.29) is 18.2 Å². The Morgan fingerprint density at radius 1 is 1.38 bits per heavy atom. The molecule has 3 unspecified atom stereocenters. The second kappa shape index (κ2) is 8.57. The summed E-state index contributed by atoms with van der Waals surface area (Å²) in [4.78, 5) is 12.5. The van der Waals surface area contributed by atoms with E-state index in [0.717, 1.165) is 30.8 Å². The van der Waals surface area contributed by atoms with Crippen LogP contribution in [-0.2, 0) is 22.6 Å². The number of carboxylic acid groups (broad SMARTS) is 1. The fraction of sp³-hybridized carbons (Fsp3) is 0.429. The summed E-state index contributed by atoms with van der Waals surface area (Å²) in [7, 11) is 1.76. The molecule has 0 saturated carbocycles. The molecule has 2 N–H and O–H groups in total. The van der Waals surface area contributed by atoms with Gasteiger partial charge < -0.3 is 14.4 Å². The first-order valence-electron chi connectivity index (χ1n) is 9.76. The van der Waals surface area contributed by atoms with E-state index in [0.29, 0.717) is 12.5 Å². The fourth-order valence-electron chi connectivity index (χ4n) is 4.07. The average Bonchev–Trinajstić information content (AvgIpc) is 3.28. The number of halogens is 1. The van der Waals surface area contributed by atoms with Gasteiger partial charge in [-0.1, -0.05) is 29.8 Å². The molecule has 4 rings (SSSR count). The van der Waals surface area contributed by atoms with E-state index in [1.165, 1.54) is 10.9 Å². The van der Waals surface area contributed by atoms with Crippen molar-refractivity contribution in [1.29, 1.82) is 0 Å². The lowest BCUT2D eigenvalue weighted by atomic mass is 9.93. The molecule has 7 nitrogen and oxygen atoms in total. The van der Waals surface area contributed by atoms with E-state index >= 15 is 0 Å². The third-order valence-corrected chi connectivity index (χ3v) is 5.62. The Morgan fingerprint density at radius 3 is 3.03 bits per heavy atom. The largest absolute Gasteiger partial charge is 0.480 e. The molecule has 1 aliphatic heterocycles. The van der Waals surface area contributed by atoms with Crippen LogP contribution in [0.15, 0.2) is 42.6 Å². The van der Waals surface area contributed by atoms with Crippen LogP contribution < -0.4 is 0 Å². The highest BCUT2D eigenvalue weighted by Gasteiger charge is 2.31.